The fourth-order valence-electron chi connectivity index (χ4n) is 2.11. The number of fused-ring (bicyclic) bond motifs is 3. The van der Waals surface area contributed by atoms with Crippen LogP contribution in [0.1, 0.15) is 18.7 Å². The Kier molecular flexibility index (Phi) is 2.30. The normalized spacial score (nSPS) is 13.1. The van der Waals surface area contributed by atoms with E-state index in [1.165, 1.54) is 5.39 Å². The first-order valence-corrected chi connectivity index (χ1v) is 5.72. The van der Waals surface area contributed by atoms with Gasteiger partial charge in [0.2, 0.25) is 0 Å². The van der Waals surface area contributed by atoms with Crippen LogP contribution in [0.5, 0.6) is 0 Å². The lowest BCUT2D eigenvalue weighted by molar-refractivity contribution is 0.195. The van der Waals surface area contributed by atoms with Gasteiger partial charge in [-0.1, -0.05) is 42.5 Å². The Balaban J connectivity index is 2.42. The van der Waals surface area contributed by atoms with Gasteiger partial charge in [-0.2, -0.15) is 0 Å². The van der Waals surface area contributed by atoms with E-state index in [4.69, 9.17) is 0 Å². The van der Waals surface area contributed by atoms with E-state index in [2.05, 4.69) is 29.2 Å². The van der Waals surface area contributed by atoms with E-state index in [0.29, 0.717) is 5.69 Å². The number of benzene rings is 2. The number of rotatable bonds is 1. The SMILES string of the molecule is CC(O)c1ccc2ccc3ccccc3c2n1. The zero-order valence-corrected chi connectivity index (χ0v) is 9.59. The molecule has 0 spiro atoms. The fourth-order valence-corrected chi connectivity index (χ4v) is 2.11. The van der Waals surface area contributed by atoms with Gasteiger partial charge in [-0.15, -0.1) is 0 Å². The average molecular weight is 223 g/mol. The second kappa shape index (κ2) is 3.82. The van der Waals surface area contributed by atoms with Crippen LogP contribution in [0.25, 0.3) is 21.7 Å². The number of aromatic nitrogens is 1. The third-order valence-electron chi connectivity index (χ3n) is 3.03. The summed E-state index contributed by atoms with van der Waals surface area (Å²) >= 11 is 0. The van der Waals surface area contributed by atoms with Crippen molar-refractivity contribution in [1.82, 2.24) is 4.98 Å². The molecule has 1 atom stereocenters. The number of hydrogen-bond acceptors (Lipinski definition) is 2. The fraction of sp³-hybridized carbons (Fsp3) is 0.133. The molecule has 0 amide bonds. The Labute approximate surface area is 99.5 Å². The molecule has 1 unspecified atom stereocenters. The summed E-state index contributed by atoms with van der Waals surface area (Å²) in [6.07, 6.45) is -0.529. The first-order chi connectivity index (χ1) is 8.25. The molecule has 2 nitrogen and oxygen atoms in total. The van der Waals surface area contributed by atoms with Crippen molar-refractivity contribution >= 4 is 21.7 Å². The monoisotopic (exact) mass is 223 g/mol. The highest BCUT2D eigenvalue weighted by atomic mass is 16.3. The summed E-state index contributed by atoms with van der Waals surface area (Å²) in [4.78, 5) is 4.55. The molecule has 1 aromatic heterocycles. The maximum absolute atomic E-state index is 9.59. The Morgan fingerprint density at radius 3 is 2.47 bits per heavy atom. The zero-order valence-electron chi connectivity index (χ0n) is 9.59. The van der Waals surface area contributed by atoms with Crippen LogP contribution < -0.4 is 0 Å². The number of aliphatic hydroxyl groups is 1. The second-order valence-electron chi connectivity index (χ2n) is 4.27. The van der Waals surface area contributed by atoms with Crippen molar-refractivity contribution in [3.8, 4) is 0 Å². The maximum atomic E-state index is 9.59. The Hall–Kier alpha value is -1.93. The van der Waals surface area contributed by atoms with Crippen LogP contribution in [0.2, 0.25) is 0 Å². The van der Waals surface area contributed by atoms with E-state index in [9.17, 15) is 5.11 Å². The molecule has 84 valence electrons. The van der Waals surface area contributed by atoms with Gasteiger partial charge in [-0.25, -0.2) is 4.98 Å². The number of nitrogens with zero attached hydrogens (tertiary/aromatic N) is 1. The van der Waals surface area contributed by atoms with Crippen LogP contribution in [0, 0.1) is 0 Å². The smallest absolute Gasteiger partial charge is 0.0932 e. The van der Waals surface area contributed by atoms with Crippen molar-refractivity contribution in [2.75, 3.05) is 0 Å². The third-order valence-corrected chi connectivity index (χ3v) is 3.03. The summed E-state index contributed by atoms with van der Waals surface area (Å²) in [5.41, 5.74) is 1.68. The molecule has 0 bridgehead atoms. The molecule has 0 radical (unpaired) electrons. The summed E-state index contributed by atoms with van der Waals surface area (Å²) in [6.45, 7) is 1.74. The van der Waals surface area contributed by atoms with E-state index in [1.54, 1.807) is 6.92 Å². The Morgan fingerprint density at radius 2 is 1.65 bits per heavy atom. The number of pyridine rings is 1. The van der Waals surface area contributed by atoms with Crippen molar-refractivity contribution < 1.29 is 5.11 Å². The Bertz CT molecular complexity index is 689. The Morgan fingerprint density at radius 1 is 0.941 bits per heavy atom. The van der Waals surface area contributed by atoms with Gasteiger partial charge in [0, 0.05) is 10.8 Å². The predicted molar refractivity (Wildman–Crippen MR) is 69.9 cm³/mol. The molecule has 2 heteroatoms. The highest BCUT2D eigenvalue weighted by molar-refractivity contribution is 6.05. The molecule has 1 heterocycles. The van der Waals surface area contributed by atoms with Gasteiger partial charge in [0.15, 0.2) is 0 Å². The summed E-state index contributed by atoms with van der Waals surface area (Å²) in [6, 6.07) is 16.2. The minimum atomic E-state index is -0.529. The van der Waals surface area contributed by atoms with Crippen molar-refractivity contribution in [3.63, 3.8) is 0 Å². The van der Waals surface area contributed by atoms with Gasteiger partial charge in [0.05, 0.1) is 17.3 Å². The van der Waals surface area contributed by atoms with Gasteiger partial charge in [0.25, 0.3) is 0 Å². The summed E-state index contributed by atoms with van der Waals surface area (Å²) in [7, 11) is 0. The van der Waals surface area contributed by atoms with Crippen molar-refractivity contribution in [3.05, 3.63) is 54.2 Å². The zero-order chi connectivity index (χ0) is 11.8. The molecule has 0 aliphatic heterocycles. The van der Waals surface area contributed by atoms with E-state index < -0.39 is 6.10 Å². The van der Waals surface area contributed by atoms with Gasteiger partial charge >= 0.3 is 0 Å². The van der Waals surface area contributed by atoms with Crippen molar-refractivity contribution in [2.24, 2.45) is 0 Å². The van der Waals surface area contributed by atoms with Gasteiger partial charge in [0.1, 0.15) is 0 Å². The lowest BCUT2D eigenvalue weighted by Gasteiger charge is -2.07. The number of hydrogen-bond donors (Lipinski definition) is 1. The quantitative estimate of drug-likeness (QED) is 0.641. The largest absolute Gasteiger partial charge is 0.387 e. The van der Waals surface area contributed by atoms with Crippen LogP contribution in [0.4, 0.5) is 0 Å². The van der Waals surface area contributed by atoms with E-state index in [1.807, 2.05) is 24.3 Å². The molecular weight excluding hydrogens is 210 g/mol. The molecule has 2 aromatic carbocycles. The maximum Gasteiger partial charge on any atom is 0.0932 e. The minimum Gasteiger partial charge on any atom is -0.387 e. The molecule has 0 fully saturated rings. The summed E-state index contributed by atoms with van der Waals surface area (Å²) in [5.74, 6) is 0. The number of aliphatic hydroxyl groups excluding tert-OH is 1. The molecule has 0 saturated heterocycles. The average Bonchev–Trinajstić information content (AvgIpc) is 2.38. The van der Waals surface area contributed by atoms with Crippen LogP contribution in [0.3, 0.4) is 0 Å². The lowest BCUT2D eigenvalue weighted by atomic mass is 10.1. The molecular formula is C15H13NO. The van der Waals surface area contributed by atoms with E-state index >= 15 is 0 Å². The van der Waals surface area contributed by atoms with Gasteiger partial charge < -0.3 is 5.11 Å². The topological polar surface area (TPSA) is 33.1 Å². The van der Waals surface area contributed by atoms with Crippen LogP contribution >= 0.6 is 0 Å². The standard InChI is InChI=1S/C15H13NO/c1-10(17)14-9-8-12-7-6-11-4-2-3-5-13(11)15(12)16-14/h2-10,17H,1H3. The van der Waals surface area contributed by atoms with Gasteiger partial charge in [-0.3, -0.25) is 0 Å². The lowest BCUT2D eigenvalue weighted by Crippen LogP contribution is -1.95. The molecule has 3 aromatic rings. The van der Waals surface area contributed by atoms with Crippen molar-refractivity contribution in [1.29, 1.82) is 0 Å². The first kappa shape index (κ1) is 10.2. The first-order valence-electron chi connectivity index (χ1n) is 5.72. The highest BCUT2D eigenvalue weighted by Gasteiger charge is 2.06. The predicted octanol–water partition coefficient (Wildman–Crippen LogP) is 3.44. The highest BCUT2D eigenvalue weighted by Crippen LogP contribution is 2.25. The van der Waals surface area contributed by atoms with Gasteiger partial charge in [-0.05, 0) is 18.4 Å². The summed E-state index contributed by atoms with van der Waals surface area (Å²) < 4.78 is 0. The molecule has 17 heavy (non-hydrogen) atoms. The second-order valence-corrected chi connectivity index (χ2v) is 4.27. The summed E-state index contributed by atoms with van der Waals surface area (Å²) in [5, 5.41) is 13.0. The van der Waals surface area contributed by atoms with Crippen molar-refractivity contribution in [2.45, 2.75) is 13.0 Å². The van der Waals surface area contributed by atoms with Crippen LogP contribution in [-0.2, 0) is 0 Å². The van der Waals surface area contributed by atoms with E-state index in [0.717, 1.165) is 16.3 Å². The van der Waals surface area contributed by atoms with E-state index in [-0.39, 0.29) is 0 Å². The molecule has 1 N–H and O–H groups in total. The molecule has 0 aliphatic carbocycles. The molecule has 3 rings (SSSR count). The minimum absolute atomic E-state index is 0.529. The third kappa shape index (κ3) is 1.67. The van der Waals surface area contributed by atoms with Crippen LogP contribution in [-0.4, -0.2) is 10.1 Å². The molecule has 0 saturated carbocycles. The van der Waals surface area contributed by atoms with Crippen LogP contribution in [0.15, 0.2) is 48.5 Å². The molecule has 0 aliphatic rings.